The van der Waals surface area contributed by atoms with Gasteiger partial charge in [0.05, 0.1) is 5.60 Å². The molecule has 2 heteroatoms. The molecule has 0 radical (unpaired) electrons. The van der Waals surface area contributed by atoms with Gasteiger partial charge in [-0.3, -0.25) is 0 Å². The molecule has 0 heterocycles. The lowest BCUT2D eigenvalue weighted by Gasteiger charge is -2.23. The van der Waals surface area contributed by atoms with Crippen molar-refractivity contribution < 1.29 is 9.53 Å². The molecule has 0 aliphatic rings. The number of hydrogen-bond acceptors (Lipinski definition) is 2. The van der Waals surface area contributed by atoms with Crippen LogP contribution in [0.25, 0.3) is 0 Å². The van der Waals surface area contributed by atoms with Gasteiger partial charge in [0.15, 0.2) is 0 Å². The summed E-state index contributed by atoms with van der Waals surface area (Å²) in [6, 6.07) is 0. The standard InChI is InChI=1S/C12H24O2/c1-10(6-7-13)8-11(2)9-14-12(3,4)5/h7,10-11H,6,8-9H2,1-5H3. The van der Waals surface area contributed by atoms with E-state index in [1.807, 2.05) is 0 Å². The molecular formula is C12H24O2. The first-order valence-corrected chi connectivity index (χ1v) is 5.42. The van der Waals surface area contributed by atoms with Crippen LogP contribution in [0.1, 0.15) is 47.5 Å². The van der Waals surface area contributed by atoms with Crippen LogP contribution in [0.3, 0.4) is 0 Å². The number of carbonyl (C=O) groups is 1. The molecule has 0 aromatic heterocycles. The van der Waals surface area contributed by atoms with Crippen LogP contribution >= 0.6 is 0 Å². The molecule has 0 spiro atoms. The van der Waals surface area contributed by atoms with Crippen molar-refractivity contribution >= 4 is 6.29 Å². The van der Waals surface area contributed by atoms with Gasteiger partial charge in [-0.05, 0) is 39.0 Å². The summed E-state index contributed by atoms with van der Waals surface area (Å²) in [6.45, 7) is 11.3. The summed E-state index contributed by atoms with van der Waals surface area (Å²) in [6.07, 6.45) is 2.73. The Bertz CT molecular complexity index is 158. The molecule has 0 aromatic rings. The molecule has 0 aliphatic heterocycles. The molecule has 2 atom stereocenters. The van der Waals surface area contributed by atoms with E-state index in [0.29, 0.717) is 18.3 Å². The maximum absolute atomic E-state index is 10.3. The number of rotatable bonds is 6. The highest BCUT2D eigenvalue weighted by molar-refractivity contribution is 5.49. The van der Waals surface area contributed by atoms with Gasteiger partial charge in [0.25, 0.3) is 0 Å². The Morgan fingerprint density at radius 2 is 1.79 bits per heavy atom. The summed E-state index contributed by atoms with van der Waals surface area (Å²) in [5.41, 5.74) is -0.0534. The van der Waals surface area contributed by atoms with Gasteiger partial charge in [-0.25, -0.2) is 0 Å². The quantitative estimate of drug-likeness (QED) is 0.616. The van der Waals surface area contributed by atoms with Gasteiger partial charge in [0.1, 0.15) is 6.29 Å². The highest BCUT2D eigenvalue weighted by atomic mass is 16.5. The van der Waals surface area contributed by atoms with Gasteiger partial charge in [-0.2, -0.15) is 0 Å². The van der Waals surface area contributed by atoms with Crippen molar-refractivity contribution in [2.45, 2.75) is 53.1 Å². The number of ether oxygens (including phenoxy) is 1. The lowest BCUT2D eigenvalue weighted by Crippen LogP contribution is -2.23. The first-order valence-electron chi connectivity index (χ1n) is 5.42. The zero-order valence-electron chi connectivity index (χ0n) is 10.2. The van der Waals surface area contributed by atoms with Crippen LogP contribution in [0, 0.1) is 11.8 Å². The highest BCUT2D eigenvalue weighted by Crippen LogP contribution is 2.17. The average molecular weight is 200 g/mol. The second-order valence-electron chi connectivity index (χ2n) is 5.27. The van der Waals surface area contributed by atoms with E-state index in [1.54, 1.807) is 0 Å². The minimum absolute atomic E-state index is 0.0534. The topological polar surface area (TPSA) is 26.3 Å². The Balaban J connectivity index is 3.64. The average Bonchev–Trinajstić information content (AvgIpc) is 2.00. The van der Waals surface area contributed by atoms with Gasteiger partial charge >= 0.3 is 0 Å². The third-order valence-electron chi connectivity index (χ3n) is 2.10. The fraction of sp³-hybridized carbons (Fsp3) is 0.917. The molecule has 0 fully saturated rings. The zero-order chi connectivity index (χ0) is 11.2. The second-order valence-corrected chi connectivity index (χ2v) is 5.27. The Hall–Kier alpha value is -0.370. The first kappa shape index (κ1) is 13.6. The molecule has 0 bridgehead atoms. The Kier molecular flexibility index (Phi) is 6.01. The van der Waals surface area contributed by atoms with Crippen molar-refractivity contribution in [3.8, 4) is 0 Å². The largest absolute Gasteiger partial charge is 0.376 e. The van der Waals surface area contributed by atoms with Crippen LogP contribution in [0.15, 0.2) is 0 Å². The minimum Gasteiger partial charge on any atom is -0.376 e. The molecule has 84 valence electrons. The SMILES string of the molecule is CC(CC=O)CC(C)COC(C)(C)C. The summed E-state index contributed by atoms with van der Waals surface area (Å²) in [4.78, 5) is 10.3. The van der Waals surface area contributed by atoms with E-state index < -0.39 is 0 Å². The molecule has 2 nitrogen and oxygen atoms in total. The predicted octanol–water partition coefficient (Wildman–Crippen LogP) is 3.05. The van der Waals surface area contributed by atoms with Crippen LogP contribution in [-0.4, -0.2) is 18.5 Å². The smallest absolute Gasteiger partial charge is 0.120 e. The van der Waals surface area contributed by atoms with Crippen molar-refractivity contribution in [1.82, 2.24) is 0 Å². The van der Waals surface area contributed by atoms with Crippen LogP contribution in [0.4, 0.5) is 0 Å². The Morgan fingerprint density at radius 3 is 2.21 bits per heavy atom. The summed E-state index contributed by atoms with van der Waals surface area (Å²) in [5, 5.41) is 0. The fourth-order valence-electron chi connectivity index (χ4n) is 1.41. The second kappa shape index (κ2) is 6.18. The van der Waals surface area contributed by atoms with E-state index in [1.165, 1.54) is 0 Å². The molecule has 0 aromatic carbocycles. The van der Waals surface area contributed by atoms with Gasteiger partial charge in [0, 0.05) is 13.0 Å². The van der Waals surface area contributed by atoms with Crippen molar-refractivity contribution in [3.63, 3.8) is 0 Å². The summed E-state index contributed by atoms with van der Waals surface area (Å²) < 4.78 is 5.68. The van der Waals surface area contributed by atoms with Crippen molar-refractivity contribution in [2.24, 2.45) is 11.8 Å². The van der Waals surface area contributed by atoms with Gasteiger partial charge < -0.3 is 9.53 Å². The van der Waals surface area contributed by atoms with E-state index in [0.717, 1.165) is 19.3 Å². The lowest BCUT2D eigenvalue weighted by molar-refractivity contribution is -0.108. The summed E-state index contributed by atoms with van der Waals surface area (Å²) in [7, 11) is 0. The van der Waals surface area contributed by atoms with Crippen LogP contribution in [-0.2, 0) is 9.53 Å². The van der Waals surface area contributed by atoms with Crippen LogP contribution in [0.2, 0.25) is 0 Å². The zero-order valence-corrected chi connectivity index (χ0v) is 10.2. The van der Waals surface area contributed by atoms with Gasteiger partial charge in [-0.1, -0.05) is 13.8 Å². The van der Waals surface area contributed by atoms with Crippen molar-refractivity contribution in [3.05, 3.63) is 0 Å². The number of aldehydes is 1. The maximum Gasteiger partial charge on any atom is 0.120 e. The van der Waals surface area contributed by atoms with Gasteiger partial charge in [0.2, 0.25) is 0 Å². The minimum atomic E-state index is -0.0534. The van der Waals surface area contributed by atoms with E-state index in [-0.39, 0.29) is 5.60 Å². The molecule has 2 unspecified atom stereocenters. The lowest BCUT2D eigenvalue weighted by atomic mass is 9.96. The first-order chi connectivity index (χ1) is 6.35. The molecule has 0 saturated carbocycles. The fourth-order valence-corrected chi connectivity index (χ4v) is 1.41. The van der Waals surface area contributed by atoms with Gasteiger partial charge in [-0.15, -0.1) is 0 Å². The van der Waals surface area contributed by atoms with Crippen LogP contribution in [0.5, 0.6) is 0 Å². The summed E-state index contributed by atoms with van der Waals surface area (Å²) >= 11 is 0. The maximum atomic E-state index is 10.3. The number of carbonyl (C=O) groups excluding carboxylic acids is 1. The number of hydrogen-bond donors (Lipinski definition) is 0. The molecular weight excluding hydrogens is 176 g/mol. The molecule has 14 heavy (non-hydrogen) atoms. The van der Waals surface area contributed by atoms with E-state index in [4.69, 9.17) is 4.74 Å². The Labute approximate surface area is 88.0 Å². The molecule has 0 amide bonds. The van der Waals surface area contributed by atoms with E-state index in [2.05, 4.69) is 34.6 Å². The monoisotopic (exact) mass is 200 g/mol. The van der Waals surface area contributed by atoms with Crippen LogP contribution < -0.4 is 0 Å². The van der Waals surface area contributed by atoms with E-state index >= 15 is 0 Å². The third-order valence-corrected chi connectivity index (χ3v) is 2.10. The highest BCUT2D eigenvalue weighted by Gasteiger charge is 2.14. The molecule has 0 rings (SSSR count). The van der Waals surface area contributed by atoms with Crippen molar-refractivity contribution in [2.75, 3.05) is 6.61 Å². The molecule has 0 saturated heterocycles. The molecule has 0 aliphatic carbocycles. The van der Waals surface area contributed by atoms with E-state index in [9.17, 15) is 4.79 Å². The normalized spacial score (nSPS) is 16.4. The predicted molar refractivity (Wildman–Crippen MR) is 59.3 cm³/mol. The third kappa shape index (κ3) is 8.24. The van der Waals surface area contributed by atoms with Crippen molar-refractivity contribution in [1.29, 1.82) is 0 Å². The molecule has 0 N–H and O–H groups in total. The Morgan fingerprint density at radius 1 is 1.21 bits per heavy atom. The summed E-state index contributed by atoms with van der Waals surface area (Å²) in [5.74, 6) is 1.01.